The summed E-state index contributed by atoms with van der Waals surface area (Å²) in [5.74, 6) is 0.428. The lowest BCUT2D eigenvalue weighted by atomic mass is 10.2. The molecule has 0 aliphatic heterocycles. The Morgan fingerprint density at radius 1 is 1.33 bits per heavy atom. The lowest BCUT2D eigenvalue weighted by Gasteiger charge is -2.36. The molecule has 4 heteroatoms. The molecule has 0 radical (unpaired) electrons. The van der Waals surface area contributed by atoms with E-state index in [1.165, 1.54) is 6.92 Å². The van der Waals surface area contributed by atoms with E-state index in [2.05, 4.69) is 33.9 Å². The normalized spacial score (nSPS) is 23.9. The number of rotatable bonds is 6. The van der Waals surface area contributed by atoms with Gasteiger partial charge in [0.15, 0.2) is 8.32 Å². The molecule has 1 rings (SSSR count). The molecule has 3 nitrogen and oxygen atoms in total. The number of carbonyl (C=O) groups excluding carboxylic acids is 1. The second kappa shape index (κ2) is 5.74. The average Bonchev–Trinajstić information content (AvgIpc) is 2.88. The standard InChI is InChI=1S/C14H28O3Si/c1-11(15)17-13-10-12(13)8-7-9-16-18(5,6)14(2,3)4/h12-13H,7-10H2,1-6H3/t12-,13-/m0/s1. The van der Waals surface area contributed by atoms with Gasteiger partial charge in [-0.05, 0) is 43.3 Å². The van der Waals surface area contributed by atoms with Gasteiger partial charge in [0, 0.05) is 13.5 Å². The van der Waals surface area contributed by atoms with Crippen LogP contribution in [0.4, 0.5) is 0 Å². The van der Waals surface area contributed by atoms with Crippen LogP contribution in [0, 0.1) is 5.92 Å². The third-order valence-corrected chi connectivity index (χ3v) is 8.70. The third-order valence-electron chi connectivity index (χ3n) is 4.16. The highest BCUT2D eigenvalue weighted by atomic mass is 28.4. The van der Waals surface area contributed by atoms with Crippen molar-refractivity contribution in [1.29, 1.82) is 0 Å². The Hall–Kier alpha value is -0.353. The Morgan fingerprint density at radius 2 is 1.94 bits per heavy atom. The highest BCUT2D eigenvalue weighted by molar-refractivity contribution is 6.74. The van der Waals surface area contributed by atoms with Crippen LogP contribution >= 0.6 is 0 Å². The van der Waals surface area contributed by atoms with Gasteiger partial charge in [0.05, 0.1) is 0 Å². The van der Waals surface area contributed by atoms with E-state index in [0.29, 0.717) is 5.92 Å². The maximum atomic E-state index is 10.8. The van der Waals surface area contributed by atoms with Gasteiger partial charge in [0.1, 0.15) is 6.10 Å². The second-order valence-corrected chi connectivity index (χ2v) is 11.7. The second-order valence-electron chi connectivity index (χ2n) is 6.89. The topological polar surface area (TPSA) is 35.5 Å². The predicted octanol–water partition coefficient (Wildman–Crippen LogP) is 3.74. The molecule has 0 heterocycles. The van der Waals surface area contributed by atoms with Gasteiger partial charge < -0.3 is 9.16 Å². The van der Waals surface area contributed by atoms with Crippen LogP contribution in [0.3, 0.4) is 0 Å². The highest BCUT2D eigenvalue weighted by Crippen LogP contribution is 2.39. The molecule has 0 aromatic carbocycles. The third kappa shape index (κ3) is 4.73. The van der Waals surface area contributed by atoms with Crippen LogP contribution in [0.5, 0.6) is 0 Å². The van der Waals surface area contributed by atoms with E-state index in [0.717, 1.165) is 25.9 Å². The Bertz CT molecular complexity index is 294. The van der Waals surface area contributed by atoms with Crippen molar-refractivity contribution in [3.8, 4) is 0 Å². The highest BCUT2D eigenvalue weighted by Gasteiger charge is 2.40. The molecule has 2 atom stereocenters. The lowest BCUT2D eigenvalue weighted by Crippen LogP contribution is -2.40. The molecule has 1 aliphatic rings. The Morgan fingerprint density at radius 3 is 2.44 bits per heavy atom. The monoisotopic (exact) mass is 272 g/mol. The van der Waals surface area contributed by atoms with Gasteiger partial charge in [-0.15, -0.1) is 0 Å². The largest absolute Gasteiger partial charge is 0.462 e. The summed E-state index contributed by atoms with van der Waals surface area (Å²) in [4.78, 5) is 10.8. The van der Waals surface area contributed by atoms with Gasteiger partial charge in [-0.25, -0.2) is 0 Å². The zero-order chi connectivity index (χ0) is 14.0. The minimum absolute atomic E-state index is 0.153. The van der Waals surface area contributed by atoms with Crippen molar-refractivity contribution < 1.29 is 14.0 Å². The van der Waals surface area contributed by atoms with Crippen molar-refractivity contribution in [1.82, 2.24) is 0 Å². The van der Waals surface area contributed by atoms with Crippen LogP contribution in [0.2, 0.25) is 18.1 Å². The van der Waals surface area contributed by atoms with Crippen molar-refractivity contribution >= 4 is 14.3 Å². The van der Waals surface area contributed by atoms with Gasteiger partial charge in [-0.2, -0.15) is 0 Å². The number of hydrogen-bond acceptors (Lipinski definition) is 3. The number of ether oxygens (including phenoxy) is 1. The van der Waals surface area contributed by atoms with E-state index in [1.807, 2.05) is 0 Å². The van der Waals surface area contributed by atoms with Gasteiger partial charge >= 0.3 is 5.97 Å². The number of esters is 1. The first-order valence-corrected chi connectivity index (χ1v) is 9.85. The van der Waals surface area contributed by atoms with Crippen LogP contribution in [-0.4, -0.2) is 27.0 Å². The zero-order valence-corrected chi connectivity index (χ0v) is 13.7. The fourth-order valence-electron chi connectivity index (χ4n) is 1.77. The maximum absolute atomic E-state index is 10.8. The molecular weight excluding hydrogens is 244 g/mol. The first-order chi connectivity index (χ1) is 8.13. The lowest BCUT2D eigenvalue weighted by molar-refractivity contribution is -0.142. The molecule has 0 unspecified atom stereocenters. The Balaban J connectivity index is 2.12. The van der Waals surface area contributed by atoms with Crippen LogP contribution < -0.4 is 0 Å². The summed E-state index contributed by atoms with van der Waals surface area (Å²) in [6, 6.07) is 0. The van der Waals surface area contributed by atoms with Crippen molar-refractivity contribution in [2.24, 2.45) is 5.92 Å². The molecule has 0 saturated heterocycles. The van der Waals surface area contributed by atoms with Crippen molar-refractivity contribution in [2.75, 3.05) is 6.61 Å². The number of carbonyl (C=O) groups is 1. The molecule has 106 valence electrons. The average molecular weight is 272 g/mol. The minimum atomic E-state index is -1.59. The summed E-state index contributed by atoms with van der Waals surface area (Å²) in [5, 5.41) is 0.285. The summed E-state index contributed by atoms with van der Waals surface area (Å²) in [5.41, 5.74) is 0. The molecule has 18 heavy (non-hydrogen) atoms. The van der Waals surface area contributed by atoms with Gasteiger partial charge in [-0.1, -0.05) is 20.8 Å². The quantitative estimate of drug-likeness (QED) is 0.420. The van der Waals surface area contributed by atoms with Gasteiger partial charge in [0.2, 0.25) is 0 Å². The Kier molecular flexibility index (Phi) is 5.01. The van der Waals surface area contributed by atoms with Crippen molar-refractivity contribution in [3.63, 3.8) is 0 Å². The maximum Gasteiger partial charge on any atom is 0.302 e. The van der Waals surface area contributed by atoms with E-state index in [9.17, 15) is 4.79 Å². The van der Waals surface area contributed by atoms with E-state index in [-0.39, 0.29) is 17.1 Å². The summed E-state index contributed by atoms with van der Waals surface area (Å²) < 4.78 is 11.3. The minimum Gasteiger partial charge on any atom is -0.462 e. The van der Waals surface area contributed by atoms with Crippen molar-refractivity contribution in [2.45, 2.75) is 71.2 Å². The van der Waals surface area contributed by atoms with Crippen LogP contribution in [0.25, 0.3) is 0 Å². The molecule has 0 N–H and O–H groups in total. The van der Waals surface area contributed by atoms with E-state index < -0.39 is 8.32 Å². The van der Waals surface area contributed by atoms with E-state index >= 15 is 0 Å². The summed E-state index contributed by atoms with van der Waals surface area (Å²) >= 11 is 0. The van der Waals surface area contributed by atoms with Crippen molar-refractivity contribution in [3.05, 3.63) is 0 Å². The van der Waals surface area contributed by atoms with Crippen LogP contribution in [0.15, 0.2) is 0 Å². The van der Waals surface area contributed by atoms with Gasteiger partial charge in [-0.3, -0.25) is 4.79 Å². The van der Waals surface area contributed by atoms with E-state index in [4.69, 9.17) is 9.16 Å². The SMILES string of the molecule is CC(=O)O[C@H]1C[C@@H]1CCCO[Si](C)(C)C(C)(C)C. The predicted molar refractivity (Wildman–Crippen MR) is 76.0 cm³/mol. The molecule has 0 aromatic rings. The smallest absolute Gasteiger partial charge is 0.302 e. The first-order valence-electron chi connectivity index (χ1n) is 6.94. The summed E-state index contributed by atoms with van der Waals surface area (Å²) in [7, 11) is -1.59. The fraction of sp³-hybridized carbons (Fsp3) is 0.929. The molecule has 1 saturated carbocycles. The molecular formula is C14H28O3Si. The molecule has 0 aromatic heterocycles. The molecule has 0 bridgehead atoms. The van der Waals surface area contributed by atoms with Crippen LogP contribution in [0.1, 0.15) is 47.0 Å². The summed E-state index contributed by atoms with van der Waals surface area (Å²) in [6.45, 7) is 13.7. The Labute approximate surface area is 112 Å². The number of hydrogen-bond donors (Lipinski definition) is 0. The van der Waals surface area contributed by atoms with Gasteiger partial charge in [0.25, 0.3) is 0 Å². The first kappa shape index (κ1) is 15.7. The van der Waals surface area contributed by atoms with Crippen LogP contribution in [-0.2, 0) is 14.0 Å². The van der Waals surface area contributed by atoms with E-state index in [1.54, 1.807) is 0 Å². The molecule has 1 aliphatic carbocycles. The fourth-order valence-corrected chi connectivity index (χ4v) is 2.86. The zero-order valence-electron chi connectivity index (χ0n) is 12.7. The molecule has 1 fully saturated rings. The summed E-state index contributed by atoms with van der Waals surface area (Å²) in [6.07, 6.45) is 3.43. The molecule has 0 spiro atoms. The molecule has 0 amide bonds.